The number of carbonyl (C=O) groups excluding carboxylic acids is 2. The fourth-order valence-corrected chi connectivity index (χ4v) is 8.75. The topological polar surface area (TPSA) is 61.4 Å². The molecule has 2 aromatic rings. The molecule has 0 bridgehead atoms. The van der Waals surface area contributed by atoms with Gasteiger partial charge in [-0.3, -0.25) is 20.0 Å². The number of para-hydroxylation sites is 2. The lowest BCUT2D eigenvalue weighted by molar-refractivity contribution is -0.141. The number of hydrogen-bond donors (Lipinski definition) is 2. The first-order chi connectivity index (χ1) is 17.4. The molecule has 0 unspecified atom stereocenters. The van der Waals surface area contributed by atoms with Gasteiger partial charge in [-0.1, -0.05) is 50.2 Å². The van der Waals surface area contributed by atoms with Gasteiger partial charge >= 0.3 is 0 Å². The van der Waals surface area contributed by atoms with Crippen LogP contribution in [0.5, 0.6) is 0 Å². The van der Waals surface area contributed by atoms with E-state index in [1.165, 1.54) is 12.8 Å². The Morgan fingerprint density at radius 1 is 0.833 bits per heavy atom. The van der Waals surface area contributed by atoms with Gasteiger partial charge < -0.3 is 5.32 Å². The van der Waals surface area contributed by atoms with Crippen LogP contribution in [0, 0.1) is 34.5 Å². The van der Waals surface area contributed by atoms with Crippen LogP contribution >= 0.6 is 0 Å². The lowest BCUT2D eigenvalue weighted by atomic mass is 9.47. The van der Waals surface area contributed by atoms with Crippen molar-refractivity contribution in [1.82, 2.24) is 10.7 Å². The fourth-order valence-electron chi connectivity index (χ4n) is 8.75. The van der Waals surface area contributed by atoms with Crippen LogP contribution in [0.2, 0.25) is 0 Å². The quantitative estimate of drug-likeness (QED) is 0.523. The van der Waals surface area contributed by atoms with E-state index in [1.807, 2.05) is 65.7 Å². The van der Waals surface area contributed by atoms with Crippen molar-refractivity contribution in [3.63, 3.8) is 0 Å². The maximum atomic E-state index is 13.9. The normalized spacial score (nSPS) is 37.2. The number of fused-ring (bicyclic) bond motifs is 5. The summed E-state index contributed by atoms with van der Waals surface area (Å²) in [6.45, 7) is 4.84. The Kier molecular flexibility index (Phi) is 5.85. The van der Waals surface area contributed by atoms with Crippen LogP contribution in [0.3, 0.4) is 0 Å². The molecular formula is C31H39N3O2. The summed E-state index contributed by atoms with van der Waals surface area (Å²) in [6, 6.07) is 20.5. The minimum Gasteiger partial charge on any atom is -0.353 e. The smallest absolute Gasteiger partial charge is 0.242 e. The zero-order valence-electron chi connectivity index (χ0n) is 21.6. The first kappa shape index (κ1) is 23.6. The lowest BCUT2D eigenvalue weighted by Crippen LogP contribution is -2.61. The van der Waals surface area contributed by atoms with Crippen LogP contribution in [-0.2, 0) is 9.59 Å². The van der Waals surface area contributed by atoms with Crippen LogP contribution in [-0.4, -0.2) is 17.9 Å². The van der Waals surface area contributed by atoms with E-state index in [1.54, 1.807) is 0 Å². The molecule has 1 aliphatic heterocycles. The molecule has 6 rings (SSSR count). The molecule has 4 fully saturated rings. The van der Waals surface area contributed by atoms with Crippen molar-refractivity contribution in [1.29, 1.82) is 0 Å². The third-order valence-corrected chi connectivity index (χ3v) is 10.7. The molecule has 5 heteroatoms. The van der Waals surface area contributed by atoms with Gasteiger partial charge in [0.25, 0.3) is 0 Å². The molecule has 4 aliphatic rings. The van der Waals surface area contributed by atoms with E-state index in [4.69, 9.17) is 0 Å². The molecule has 2 aromatic carbocycles. The first-order valence-corrected chi connectivity index (χ1v) is 13.9. The molecule has 0 aromatic heterocycles. The molecule has 3 aliphatic carbocycles. The molecule has 1 heterocycles. The van der Waals surface area contributed by atoms with Crippen molar-refractivity contribution in [2.75, 3.05) is 5.01 Å². The number of benzene rings is 2. The highest BCUT2D eigenvalue weighted by atomic mass is 16.2. The van der Waals surface area contributed by atoms with E-state index in [2.05, 4.69) is 24.6 Å². The summed E-state index contributed by atoms with van der Waals surface area (Å²) in [4.78, 5) is 26.1. The minimum atomic E-state index is 0.0231. The van der Waals surface area contributed by atoms with E-state index < -0.39 is 0 Å². The van der Waals surface area contributed by atoms with E-state index in [-0.39, 0.29) is 28.6 Å². The van der Waals surface area contributed by atoms with Crippen molar-refractivity contribution in [3.8, 4) is 0 Å². The number of hydrazine groups is 1. The van der Waals surface area contributed by atoms with Crippen molar-refractivity contribution in [2.45, 2.75) is 71.3 Å². The van der Waals surface area contributed by atoms with Crippen molar-refractivity contribution >= 4 is 23.2 Å². The van der Waals surface area contributed by atoms with Crippen molar-refractivity contribution in [3.05, 3.63) is 60.7 Å². The lowest BCUT2D eigenvalue weighted by Gasteiger charge is -2.60. The predicted molar refractivity (Wildman–Crippen MR) is 142 cm³/mol. The van der Waals surface area contributed by atoms with E-state index in [0.29, 0.717) is 30.2 Å². The third-order valence-electron chi connectivity index (χ3n) is 10.7. The van der Waals surface area contributed by atoms with Gasteiger partial charge in [0.1, 0.15) is 0 Å². The second-order valence-electron chi connectivity index (χ2n) is 12.2. The molecular weight excluding hydrogens is 446 g/mol. The van der Waals surface area contributed by atoms with Crippen LogP contribution in [0.25, 0.3) is 0 Å². The van der Waals surface area contributed by atoms with Gasteiger partial charge in [0.2, 0.25) is 11.8 Å². The number of amides is 2. The van der Waals surface area contributed by atoms with Crippen LogP contribution in [0.15, 0.2) is 60.7 Å². The molecule has 7 atom stereocenters. The minimum absolute atomic E-state index is 0.0231. The van der Waals surface area contributed by atoms with Gasteiger partial charge in [-0.15, -0.1) is 0 Å². The van der Waals surface area contributed by atoms with Gasteiger partial charge in [-0.25, -0.2) is 0 Å². The number of carbonyl (C=O) groups is 2. The number of hydrogen-bond acceptors (Lipinski definition) is 3. The van der Waals surface area contributed by atoms with Crippen LogP contribution in [0.1, 0.15) is 65.2 Å². The highest BCUT2D eigenvalue weighted by Gasteiger charge is 2.61. The monoisotopic (exact) mass is 485 g/mol. The summed E-state index contributed by atoms with van der Waals surface area (Å²) in [5, 5.41) is 5.28. The number of anilines is 2. The standard InChI is InChI=1S/C31H39N3O2/c1-30-19-17-25-23(13-16-27-31(25,2)20-18-28(35)32-27)24(30)14-15-26(30)29(36)33-34(21-9-5-3-6-10-21)22-11-7-4-8-12-22/h3-12,23-27H,13-20H2,1-2H3,(H,32,35)(H,33,36)/t23-,24-,25-,26+,27+,30-,31+/m0/s1. The summed E-state index contributed by atoms with van der Waals surface area (Å²) in [5.41, 5.74) is 5.49. The molecule has 190 valence electrons. The maximum absolute atomic E-state index is 13.9. The Morgan fingerprint density at radius 2 is 1.47 bits per heavy atom. The average Bonchev–Trinajstić information content (AvgIpc) is 3.26. The Morgan fingerprint density at radius 3 is 2.14 bits per heavy atom. The van der Waals surface area contributed by atoms with Gasteiger partial charge in [-0.05, 0) is 97.8 Å². The summed E-state index contributed by atoms with van der Waals surface area (Å²) in [7, 11) is 0. The second-order valence-corrected chi connectivity index (χ2v) is 12.2. The van der Waals surface area contributed by atoms with Gasteiger partial charge in [0.05, 0.1) is 11.4 Å². The number of piperidine rings is 1. The van der Waals surface area contributed by atoms with Crippen LogP contribution < -0.4 is 15.8 Å². The zero-order chi connectivity index (χ0) is 24.9. The molecule has 3 saturated carbocycles. The predicted octanol–water partition coefficient (Wildman–Crippen LogP) is 5.99. The summed E-state index contributed by atoms with van der Waals surface area (Å²) in [5.74, 6) is 2.31. The average molecular weight is 486 g/mol. The van der Waals surface area contributed by atoms with Gasteiger partial charge in [-0.2, -0.15) is 0 Å². The number of nitrogens with zero attached hydrogens (tertiary/aromatic N) is 1. The van der Waals surface area contributed by atoms with Crippen molar-refractivity contribution < 1.29 is 9.59 Å². The van der Waals surface area contributed by atoms with Crippen LogP contribution in [0.4, 0.5) is 11.4 Å². The van der Waals surface area contributed by atoms with Gasteiger partial charge in [0.15, 0.2) is 0 Å². The van der Waals surface area contributed by atoms with E-state index in [9.17, 15) is 9.59 Å². The Labute approximate surface area is 215 Å². The third kappa shape index (κ3) is 3.74. The number of nitrogens with one attached hydrogen (secondary N) is 2. The highest BCUT2D eigenvalue weighted by Crippen LogP contribution is 2.65. The zero-order valence-corrected chi connectivity index (χ0v) is 21.6. The summed E-state index contributed by atoms with van der Waals surface area (Å²) >= 11 is 0. The Balaban J connectivity index is 1.23. The molecule has 2 amide bonds. The maximum Gasteiger partial charge on any atom is 0.242 e. The molecule has 0 spiro atoms. The van der Waals surface area contributed by atoms with Crippen molar-refractivity contribution in [2.24, 2.45) is 34.5 Å². The molecule has 1 saturated heterocycles. The molecule has 36 heavy (non-hydrogen) atoms. The largest absolute Gasteiger partial charge is 0.353 e. The second kappa shape index (κ2) is 8.93. The summed E-state index contributed by atoms with van der Waals surface area (Å²) < 4.78 is 0. The fraction of sp³-hybridized carbons (Fsp3) is 0.548. The van der Waals surface area contributed by atoms with Gasteiger partial charge in [0, 0.05) is 18.4 Å². The number of rotatable bonds is 4. The SMILES string of the molecule is C[C@]12CCC(=O)N[C@@H]1CC[C@@H]1[C@@H]2CC[C@]2(C)[C@@H](C(=O)NN(c3ccccc3)c3ccccc3)CC[C@@H]12. The van der Waals surface area contributed by atoms with E-state index in [0.717, 1.165) is 43.5 Å². The highest BCUT2D eigenvalue weighted by molar-refractivity contribution is 5.84. The molecule has 2 N–H and O–H groups in total. The molecule has 5 nitrogen and oxygen atoms in total. The van der Waals surface area contributed by atoms with E-state index >= 15 is 0 Å². The molecule has 0 radical (unpaired) electrons. The Bertz CT molecular complexity index is 1080. The Hall–Kier alpha value is -2.82. The summed E-state index contributed by atoms with van der Waals surface area (Å²) in [6.07, 6.45) is 8.32. The first-order valence-electron chi connectivity index (χ1n) is 13.9.